The summed E-state index contributed by atoms with van der Waals surface area (Å²) in [5, 5.41) is 0. The molecule has 2 unspecified atom stereocenters. The van der Waals surface area contributed by atoms with E-state index in [0.717, 1.165) is 37.3 Å². The molecule has 5 nitrogen and oxygen atoms in total. The maximum absolute atomic E-state index is 12.7. The predicted molar refractivity (Wildman–Crippen MR) is 138 cm³/mol. The van der Waals surface area contributed by atoms with Crippen molar-refractivity contribution in [3.05, 3.63) is 56.4 Å². The van der Waals surface area contributed by atoms with E-state index >= 15 is 0 Å². The zero-order valence-corrected chi connectivity index (χ0v) is 21.7. The lowest BCUT2D eigenvalue weighted by atomic mass is 9.99. The standard InChI is InChI=1S/C28H44N2O3/c1-7-11-13-23(9-3)17-29-19-27(25(31)15-21(29)5)33-28-20-30(22(6)16-26(28)32)18-24(10-4)14-12-8-2/h15-16,19-20,23-24H,7-14,17-18H2,1-6H3. The van der Waals surface area contributed by atoms with Gasteiger partial charge in [0.05, 0.1) is 12.4 Å². The van der Waals surface area contributed by atoms with Gasteiger partial charge in [-0.1, -0.05) is 66.2 Å². The summed E-state index contributed by atoms with van der Waals surface area (Å²) in [6.45, 7) is 14.5. The van der Waals surface area contributed by atoms with E-state index in [9.17, 15) is 9.59 Å². The van der Waals surface area contributed by atoms with Gasteiger partial charge < -0.3 is 13.9 Å². The highest BCUT2D eigenvalue weighted by molar-refractivity contribution is 5.30. The number of aromatic nitrogens is 2. The van der Waals surface area contributed by atoms with Crippen LogP contribution >= 0.6 is 0 Å². The molecule has 5 heteroatoms. The van der Waals surface area contributed by atoms with Gasteiger partial charge >= 0.3 is 0 Å². The van der Waals surface area contributed by atoms with E-state index in [2.05, 4.69) is 36.8 Å². The van der Waals surface area contributed by atoms with Crippen LogP contribution in [0.15, 0.2) is 34.1 Å². The summed E-state index contributed by atoms with van der Waals surface area (Å²) in [6, 6.07) is 3.24. The van der Waals surface area contributed by atoms with Gasteiger partial charge in [-0.25, -0.2) is 0 Å². The maximum Gasteiger partial charge on any atom is 0.224 e. The van der Waals surface area contributed by atoms with Crippen molar-refractivity contribution in [1.29, 1.82) is 0 Å². The van der Waals surface area contributed by atoms with Gasteiger partial charge in [-0.05, 0) is 38.5 Å². The molecule has 0 aromatic carbocycles. The van der Waals surface area contributed by atoms with Crippen molar-refractivity contribution in [3.8, 4) is 11.5 Å². The lowest BCUT2D eigenvalue weighted by Gasteiger charge is -2.21. The third-order valence-electron chi connectivity index (χ3n) is 6.83. The predicted octanol–water partition coefficient (Wildman–Crippen LogP) is 6.85. The minimum Gasteiger partial charge on any atom is -0.446 e. The van der Waals surface area contributed by atoms with Gasteiger partial charge in [0.2, 0.25) is 10.9 Å². The summed E-state index contributed by atoms with van der Waals surface area (Å²) < 4.78 is 10.2. The maximum atomic E-state index is 12.7. The zero-order chi connectivity index (χ0) is 24.4. The first-order chi connectivity index (χ1) is 15.8. The largest absolute Gasteiger partial charge is 0.446 e. The number of hydrogen-bond acceptors (Lipinski definition) is 3. The Bertz CT molecular complexity index is 910. The Morgan fingerprint density at radius 2 is 1.12 bits per heavy atom. The van der Waals surface area contributed by atoms with Crippen molar-refractivity contribution < 1.29 is 4.74 Å². The Kier molecular flexibility index (Phi) is 11.0. The van der Waals surface area contributed by atoms with Crippen molar-refractivity contribution in [2.24, 2.45) is 11.8 Å². The average molecular weight is 457 g/mol. The number of nitrogens with zero attached hydrogens (tertiary/aromatic N) is 2. The van der Waals surface area contributed by atoms with Crippen LogP contribution in [0.1, 0.15) is 90.4 Å². The summed E-state index contributed by atoms with van der Waals surface area (Å²) in [5.41, 5.74) is 1.47. The van der Waals surface area contributed by atoms with E-state index < -0.39 is 0 Å². The molecule has 0 saturated heterocycles. The molecule has 0 aliphatic rings. The van der Waals surface area contributed by atoms with E-state index in [1.807, 2.05) is 13.8 Å². The molecule has 0 saturated carbocycles. The first kappa shape index (κ1) is 26.9. The lowest BCUT2D eigenvalue weighted by molar-refractivity contribution is 0.374. The molecule has 0 amide bonds. The van der Waals surface area contributed by atoms with Crippen LogP contribution in [-0.4, -0.2) is 9.13 Å². The Morgan fingerprint density at radius 1 is 0.727 bits per heavy atom. The summed E-state index contributed by atoms with van der Waals surface area (Å²) in [5.74, 6) is 1.56. The number of unbranched alkanes of at least 4 members (excludes halogenated alkanes) is 2. The van der Waals surface area contributed by atoms with Crippen LogP contribution in [0.25, 0.3) is 0 Å². The lowest BCUT2D eigenvalue weighted by Crippen LogP contribution is -2.19. The van der Waals surface area contributed by atoms with Crippen LogP contribution in [0.4, 0.5) is 0 Å². The van der Waals surface area contributed by atoms with E-state index in [-0.39, 0.29) is 22.4 Å². The van der Waals surface area contributed by atoms with Crippen LogP contribution in [0.2, 0.25) is 0 Å². The van der Waals surface area contributed by atoms with Crippen molar-refractivity contribution >= 4 is 0 Å². The molecule has 2 aromatic rings. The summed E-state index contributed by atoms with van der Waals surface area (Å²) in [7, 11) is 0. The fourth-order valence-electron chi connectivity index (χ4n) is 4.36. The smallest absolute Gasteiger partial charge is 0.224 e. The Morgan fingerprint density at radius 3 is 1.45 bits per heavy atom. The van der Waals surface area contributed by atoms with Gasteiger partial charge in [0.1, 0.15) is 0 Å². The molecule has 0 fully saturated rings. The first-order valence-corrected chi connectivity index (χ1v) is 12.9. The fourth-order valence-corrected chi connectivity index (χ4v) is 4.36. The van der Waals surface area contributed by atoms with Gasteiger partial charge in [0, 0.05) is 36.6 Å². The monoisotopic (exact) mass is 456 g/mol. The molecule has 0 aliphatic heterocycles. The van der Waals surface area contributed by atoms with Crippen molar-refractivity contribution in [2.75, 3.05) is 0 Å². The molecule has 2 aromatic heterocycles. The number of ether oxygens (including phenoxy) is 1. The highest BCUT2D eigenvalue weighted by Gasteiger charge is 2.15. The second-order valence-corrected chi connectivity index (χ2v) is 9.53. The van der Waals surface area contributed by atoms with Crippen LogP contribution in [0.5, 0.6) is 11.5 Å². The molecular weight excluding hydrogens is 412 g/mol. The number of hydrogen-bond donors (Lipinski definition) is 0. The zero-order valence-electron chi connectivity index (χ0n) is 21.7. The third-order valence-corrected chi connectivity index (χ3v) is 6.83. The fraction of sp³-hybridized carbons (Fsp3) is 0.643. The Labute approximate surface area is 199 Å². The first-order valence-electron chi connectivity index (χ1n) is 12.9. The molecule has 184 valence electrons. The molecule has 0 N–H and O–H groups in total. The van der Waals surface area contributed by atoms with Gasteiger partial charge in [0.15, 0.2) is 11.5 Å². The highest BCUT2D eigenvalue weighted by atomic mass is 16.5. The Balaban J connectivity index is 2.30. The van der Waals surface area contributed by atoms with Crippen LogP contribution < -0.4 is 15.6 Å². The summed E-state index contributed by atoms with van der Waals surface area (Å²) in [6.07, 6.45) is 12.9. The number of aryl methyl sites for hydroxylation is 2. The van der Waals surface area contributed by atoms with E-state index in [0.29, 0.717) is 11.8 Å². The molecule has 33 heavy (non-hydrogen) atoms. The second-order valence-electron chi connectivity index (χ2n) is 9.53. The van der Waals surface area contributed by atoms with Gasteiger partial charge in [-0.15, -0.1) is 0 Å². The van der Waals surface area contributed by atoms with Gasteiger partial charge in [-0.3, -0.25) is 9.59 Å². The minimum atomic E-state index is -0.189. The molecule has 2 rings (SSSR count). The average Bonchev–Trinajstić information content (AvgIpc) is 2.79. The summed E-state index contributed by atoms with van der Waals surface area (Å²) >= 11 is 0. The SMILES string of the molecule is CCCCC(CC)Cn1cc(Oc2cn(CC(CC)CCCC)c(C)cc2=O)c(=O)cc1C. The second kappa shape index (κ2) is 13.4. The number of rotatable bonds is 14. The normalized spacial score (nSPS) is 13.2. The summed E-state index contributed by atoms with van der Waals surface area (Å²) in [4.78, 5) is 25.4. The van der Waals surface area contributed by atoms with Crippen LogP contribution in [0.3, 0.4) is 0 Å². The topological polar surface area (TPSA) is 53.2 Å². The van der Waals surface area contributed by atoms with Gasteiger partial charge in [0.25, 0.3) is 0 Å². The minimum absolute atomic E-state index is 0.189. The Hall–Kier alpha value is -2.30. The van der Waals surface area contributed by atoms with Crippen molar-refractivity contribution in [2.45, 2.75) is 106 Å². The van der Waals surface area contributed by atoms with Crippen molar-refractivity contribution in [1.82, 2.24) is 9.13 Å². The third kappa shape index (κ3) is 7.90. The van der Waals surface area contributed by atoms with E-state index in [1.54, 1.807) is 24.5 Å². The van der Waals surface area contributed by atoms with Crippen LogP contribution in [-0.2, 0) is 13.1 Å². The molecule has 0 bridgehead atoms. The van der Waals surface area contributed by atoms with Crippen molar-refractivity contribution in [3.63, 3.8) is 0 Å². The number of pyridine rings is 2. The van der Waals surface area contributed by atoms with Gasteiger partial charge in [-0.2, -0.15) is 0 Å². The van der Waals surface area contributed by atoms with Crippen LogP contribution in [0, 0.1) is 25.7 Å². The molecule has 2 heterocycles. The quantitative estimate of drug-likeness (QED) is 0.312. The highest BCUT2D eigenvalue weighted by Crippen LogP contribution is 2.21. The van der Waals surface area contributed by atoms with E-state index in [1.165, 1.54) is 38.5 Å². The molecule has 0 aliphatic carbocycles. The molecular formula is C28H44N2O3. The molecule has 0 radical (unpaired) electrons. The van der Waals surface area contributed by atoms with E-state index in [4.69, 9.17) is 4.74 Å². The molecule has 0 spiro atoms. The molecule has 2 atom stereocenters.